The van der Waals surface area contributed by atoms with Gasteiger partial charge in [-0.2, -0.15) is 15.8 Å². The van der Waals surface area contributed by atoms with E-state index in [0.717, 1.165) is 16.7 Å². The first-order valence-corrected chi connectivity index (χ1v) is 12.5. The SMILES string of the molecule is CC(C)c1c(Cl)cc([N+](=O)[O-])c(C(C)C)c1C#N.CC(C)c1cc(CC#N)c(Cl)c(C(C)C)c1C#N. The molecule has 0 N–H and O–H groups in total. The summed E-state index contributed by atoms with van der Waals surface area (Å²) in [4.78, 5) is 10.6. The van der Waals surface area contributed by atoms with E-state index in [1.54, 1.807) is 0 Å². The Hall–Kier alpha value is -3.11. The highest BCUT2D eigenvalue weighted by Crippen LogP contribution is 2.39. The fourth-order valence-corrected chi connectivity index (χ4v) is 5.04. The molecular formula is C28H32Cl2N4O2. The van der Waals surface area contributed by atoms with Gasteiger partial charge >= 0.3 is 0 Å². The van der Waals surface area contributed by atoms with Crippen molar-refractivity contribution in [3.05, 3.63) is 71.2 Å². The minimum Gasteiger partial charge on any atom is -0.258 e. The van der Waals surface area contributed by atoms with Gasteiger partial charge in [0.1, 0.15) is 6.07 Å². The third kappa shape index (κ3) is 6.76. The lowest BCUT2D eigenvalue weighted by molar-refractivity contribution is -0.385. The van der Waals surface area contributed by atoms with Crippen LogP contribution in [0.2, 0.25) is 10.0 Å². The van der Waals surface area contributed by atoms with Gasteiger partial charge in [-0.1, -0.05) is 84.7 Å². The number of nitriles is 3. The number of rotatable bonds is 6. The molecule has 0 atom stereocenters. The van der Waals surface area contributed by atoms with Crippen LogP contribution in [0.25, 0.3) is 0 Å². The topological polar surface area (TPSA) is 115 Å². The second kappa shape index (κ2) is 13.3. The molecule has 2 aromatic rings. The first-order valence-electron chi connectivity index (χ1n) is 11.8. The van der Waals surface area contributed by atoms with E-state index in [2.05, 4.69) is 18.2 Å². The lowest BCUT2D eigenvalue weighted by Crippen LogP contribution is -2.06. The van der Waals surface area contributed by atoms with Crippen molar-refractivity contribution < 1.29 is 4.92 Å². The Kier molecular flexibility index (Phi) is 11.4. The highest BCUT2D eigenvalue weighted by atomic mass is 35.5. The van der Waals surface area contributed by atoms with Crippen molar-refractivity contribution in [3.63, 3.8) is 0 Å². The van der Waals surface area contributed by atoms with E-state index in [1.807, 2.05) is 61.5 Å². The molecule has 2 rings (SSSR count). The summed E-state index contributed by atoms with van der Waals surface area (Å²) < 4.78 is 0. The molecule has 0 saturated heterocycles. The summed E-state index contributed by atoms with van der Waals surface area (Å²) in [6.45, 7) is 15.6. The molecule has 2 aromatic carbocycles. The van der Waals surface area contributed by atoms with Gasteiger partial charge in [-0.15, -0.1) is 0 Å². The molecular weight excluding hydrogens is 495 g/mol. The van der Waals surface area contributed by atoms with Crippen molar-refractivity contribution in [2.24, 2.45) is 0 Å². The van der Waals surface area contributed by atoms with Gasteiger partial charge < -0.3 is 0 Å². The summed E-state index contributed by atoms with van der Waals surface area (Å²) in [7, 11) is 0. The molecule has 190 valence electrons. The maximum Gasteiger partial charge on any atom is 0.275 e. The zero-order chi connectivity index (χ0) is 27.9. The van der Waals surface area contributed by atoms with Crippen LogP contribution in [-0.2, 0) is 6.42 Å². The fourth-order valence-electron chi connectivity index (χ4n) is 4.19. The number of nitro benzene ring substituents is 1. The summed E-state index contributed by atoms with van der Waals surface area (Å²) in [6, 6.07) is 9.73. The van der Waals surface area contributed by atoms with Crippen molar-refractivity contribution in [2.75, 3.05) is 0 Å². The average molecular weight is 527 g/mol. The monoisotopic (exact) mass is 526 g/mol. The van der Waals surface area contributed by atoms with Crippen molar-refractivity contribution in [3.8, 4) is 18.2 Å². The Morgan fingerprint density at radius 1 is 0.806 bits per heavy atom. The standard InChI is InChI=1S/C15H17ClN2.C13H15ClN2O2/c1-9(2)12-7-11(5-6-17)15(16)14(10(3)4)13(12)8-18;1-7(2)12-9(6-15)13(8(3)4)11(16(17)18)5-10(12)14/h7,9-10H,5H2,1-4H3;5,7-8H,1-4H3. The van der Waals surface area contributed by atoms with Gasteiger partial charge in [0.05, 0.1) is 45.2 Å². The highest BCUT2D eigenvalue weighted by Gasteiger charge is 2.27. The van der Waals surface area contributed by atoms with Crippen LogP contribution in [0, 0.1) is 44.1 Å². The van der Waals surface area contributed by atoms with Gasteiger partial charge in [-0.25, -0.2) is 0 Å². The Morgan fingerprint density at radius 3 is 1.67 bits per heavy atom. The number of halogens is 2. The van der Waals surface area contributed by atoms with E-state index in [-0.39, 0.29) is 40.8 Å². The van der Waals surface area contributed by atoms with Crippen molar-refractivity contribution in [1.29, 1.82) is 15.8 Å². The smallest absolute Gasteiger partial charge is 0.258 e. The number of nitro groups is 1. The lowest BCUT2D eigenvalue weighted by Gasteiger charge is -2.19. The molecule has 0 aliphatic heterocycles. The first-order chi connectivity index (χ1) is 16.7. The van der Waals surface area contributed by atoms with E-state index >= 15 is 0 Å². The van der Waals surface area contributed by atoms with Gasteiger partial charge in [-0.05, 0) is 45.9 Å². The van der Waals surface area contributed by atoms with Gasteiger partial charge in [-0.3, -0.25) is 10.1 Å². The molecule has 0 radical (unpaired) electrons. The Bertz CT molecular complexity index is 1260. The second-order valence-corrected chi connectivity index (χ2v) is 10.5. The van der Waals surface area contributed by atoms with Crippen LogP contribution in [0.5, 0.6) is 0 Å². The molecule has 0 heterocycles. The van der Waals surface area contributed by atoms with Crippen LogP contribution in [0.15, 0.2) is 12.1 Å². The van der Waals surface area contributed by atoms with Gasteiger partial charge in [0, 0.05) is 11.1 Å². The fraction of sp³-hybridized carbons (Fsp3) is 0.464. The molecule has 0 bridgehead atoms. The highest BCUT2D eigenvalue weighted by molar-refractivity contribution is 6.32. The molecule has 0 spiro atoms. The molecule has 0 aliphatic carbocycles. The predicted molar refractivity (Wildman–Crippen MR) is 145 cm³/mol. The molecule has 36 heavy (non-hydrogen) atoms. The van der Waals surface area contributed by atoms with E-state index in [4.69, 9.17) is 28.5 Å². The molecule has 0 aliphatic rings. The Balaban J connectivity index is 0.000000360. The third-order valence-corrected chi connectivity index (χ3v) is 6.54. The normalized spacial score (nSPS) is 10.6. The number of benzene rings is 2. The van der Waals surface area contributed by atoms with Crippen LogP contribution in [0.3, 0.4) is 0 Å². The molecule has 6 nitrogen and oxygen atoms in total. The van der Waals surface area contributed by atoms with Crippen LogP contribution in [-0.4, -0.2) is 4.92 Å². The van der Waals surface area contributed by atoms with Gasteiger partial charge in [0.25, 0.3) is 5.69 Å². The largest absolute Gasteiger partial charge is 0.275 e. The maximum absolute atomic E-state index is 11.1. The van der Waals surface area contributed by atoms with Gasteiger partial charge in [0.2, 0.25) is 0 Å². The van der Waals surface area contributed by atoms with Crippen LogP contribution < -0.4 is 0 Å². The van der Waals surface area contributed by atoms with Crippen molar-refractivity contribution in [1.82, 2.24) is 0 Å². The lowest BCUT2D eigenvalue weighted by atomic mass is 9.86. The Labute approximate surface area is 224 Å². The van der Waals surface area contributed by atoms with E-state index in [9.17, 15) is 20.6 Å². The molecule has 0 unspecified atom stereocenters. The Morgan fingerprint density at radius 2 is 1.31 bits per heavy atom. The van der Waals surface area contributed by atoms with Crippen LogP contribution >= 0.6 is 23.2 Å². The van der Waals surface area contributed by atoms with E-state index in [0.29, 0.717) is 27.3 Å². The molecule has 0 aromatic heterocycles. The summed E-state index contributed by atoms with van der Waals surface area (Å²) in [5.41, 5.74) is 4.78. The quantitative estimate of drug-likeness (QED) is 0.275. The van der Waals surface area contributed by atoms with Crippen LogP contribution in [0.4, 0.5) is 5.69 Å². The van der Waals surface area contributed by atoms with E-state index < -0.39 is 4.92 Å². The van der Waals surface area contributed by atoms with E-state index in [1.165, 1.54) is 6.07 Å². The van der Waals surface area contributed by atoms with Crippen molar-refractivity contribution in [2.45, 2.75) is 85.5 Å². The molecule has 0 saturated carbocycles. The number of nitrogens with zero attached hydrogens (tertiary/aromatic N) is 4. The number of hydrogen-bond acceptors (Lipinski definition) is 5. The second-order valence-electron chi connectivity index (χ2n) is 9.74. The summed E-state index contributed by atoms with van der Waals surface area (Å²) in [5, 5.41) is 39.5. The zero-order valence-corrected chi connectivity index (χ0v) is 23.5. The van der Waals surface area contributed by atoms with Crippen LogP contribution in [0.1, 0.15) is 118 Å². The molecule has 0 fully saturated rings. The minimum absolute atomic E-state index is 0.0467. The third-order valence-electron chi connectivity index (χ3n) is 5.79. The maximum atomic E-state index is 11.1. The predicted octanol–water partition coefficient (Wildman–Crippen LogP) is 8.89. The number of hydrogen-bond donors (Lipinski definition) is 0. The first kappa shape index (κ1) is 30.9. The summed E-state index contributed by atoms with van der Waals surface area (Å²) >= 11 is 12.4. The van der Waals surface area contributed by atoms with Crippen molar-refractivity contribution >= 4 is 28.9 Å². The molecule has 0 amide bonds. The minimum atomic E-state index is -0.480. The average Bonchev–Trinajstić information content (AvgIpc) is 2.78. The zero-order valence-electron chi connectivity index (χ0n) is 22.0. The summed E-state index contributed by atoms with van der Waals surface area (Å²) in [6.07, 6.45) is 0.282. The molecule has 8 heteroatoms. The van der Waals surface area contributed by atoms with Gasteiger partial charge in [0.15, 0.2) is 0 Å². The summed E-state index contributed by atoms with van der Waals surface area (Å²) in [5.74, 6) is 0.357.